The Balaban J connectivity index is 2.22. The van der Waals surface area contributed by atoms with Crippen molar-refractivity contribution >= 4 is 16.9 Å². The number of hydrogen-bond acceptors (Lipinski definition) is 4. The first-order valence-corrected chi connectivity index (χ1v) is 8.25. The van der Waals surface area contributed by atoms with E-state index < -0.39 is 5.97 Å². The predicted molar refractivity (Wildman–Crippen MR) is 96.7 cm³/mol. The molecule has 25 heavy (non-hydrogen) atoms. The molecule has 2 aromatic carbocycles. The van der Waals surface area contributed by atoms with E-state index in [1.165, 1.54) is 0 Å². The van der Waals surface area contributed by atoms with E-state index in [1.807, 2.05) is 64.1 Å². The molecule has 0 radical (unpaired) electrons. The molecule has 0 saturated carbocycles. The fourth-order valence-electron chi connectivity index (χ4n) is 3.00. The van der Waals surface area contributed by atoms with Gasteiger partial charge in [0.25, 0.3) is 0 Å². The Morgan fingerprint density at radius 1 is 1.12 bits per heavy atom. The van der Waals surface area contributed by atoms with Crippen molar-refractivity contribution in [2.24, 2.45) is 0 Å². The van der Waals surface area contributed by atoms with E-state index in [0.717, 1.165) is 22.4 Å². The summed E-state index contributed by atoms with van der Waals surface area (Å²) >= 11 is 0. The summed E-state index contributed by atoms with van der Waals surface area (Å²) in [6, 6.07) is 12.9. The van der Waals surface area contributed by atoms with E-state index in [-0.39, 0.29) is 11.7 Å². The largest absolute Gasteiger partial charge is 0.545 e. The van der Waals surface area contributed by atoms with Gasteiger partial charge < -0.3 is 14.6 Å². The van der Waals surface area contributed by atoms with Gasteiger partial charge in [-0.2, -0.15) is 0 Å². The third kappa shape index (κ3) is 3.48. The minimum Gasteiger partial charge on any atom is -0.545 e. The average molecular weight is 334 g/mol. The summed E-state index contributed by atoms with van der Waals surface area (Å²) in [4.78, 5) is 16.4. The number of aryl methyl sites for hydroxylation is 2. The first-order valence-electron chi connectivity index (χ1n) is 8.25. The van der Waals surface area contributed by atoms with Gasteiger partial charge in [-0.25, -0.2) is 4.98 Å². The summed E-state index contributed by atoms with van der Waals surface area (Å²) in [6.07, 6.45) is 0.0591. The minimum absolute atomic E-state index is 0.0591. The molecule has 0 aliphatic heterocycles. The van der Waals surface area contributed by atoms with Crippen LogP contribution in [0.3, 0.4) is 0 Å². The number of rotatable bonds is 4. The van der Waals surface area contributed by atoms with Crippen LogP contribution in [0.25, 0.3) is 22.2 Å². The number of carbonyl (C=O) groups excluding carboxylic acids is 1. The zero-order chi connectivity index (χ0) is 18.1. The molecule has 0 atom stereocenters. The average Bonchev–Trinajstić information content (AvgIpc) is 2.53. The van der Waals surface area contributed by atoms with Gasteiger partial charge in [0, 0.05) is 16.5 Å². The monoisotopic (exact) mass is 334 g/mol. The molecule has 128 valence electrons. The van der Waals surface area contributed by atoms with Crippen LogP contribution in [0.1, 0.15) is 35.3 Å². The first-order chi connectivity index (χ1) is 11.8. The Kier molecular flexibility index (Phi) is 4.45. The van der Waals surface area contributed by atoms with Gasteiger partial charge in [-0.3, -0.25) is 0 Å². The highest BCUT2D eigenvalue weighted by atomic mass is 16.5. The van der Waals surface area contributed by atoms with E-state index in [0.29, 0.717) is 16.6 Å². The Bertz CT molecular complexity index is 961. The molecule has 3 rings (SSSR count). The number of pyridine rings is 1. The van der Waals surface area contributed by atoms with Crippen molar-refractivity contribution in [3.05, 3.63) is 59.2 Å². The number of carboxylic acid groups (broad SMARTS) is 1. The number of carboxylic acids is 1. The van der Waals surface area contributed by atoms with Crippen LogP contribution < -0.4 is 9.84 Å². The number of aromatic nitrogens is 1. The zero-order valence-corrected chi connectivity index (χ0v) is 14.8. The molecule has 0 bridgehead atoms. The lowest BCUT2D eigenvalue weighted by Crippen LogP contribution is -2.23. The van der Waals surface area contributed by atoms with E-state index in [1.54, 1.807) is 6.07 Å². The topological polar surface area (TPSA) is 62.2 Å². The van der Waals surface area contributed by atoms with Gasteiger partial charge in [0.15, 0.2) is 0 Å². The number of hydrogen-bond donors (Lipinski definition) is 0. The number of fused-ring (bicyclic) bond motifs is 1. The standard InChI is InChI=1S/C21H21NO3/c1-12(2)25-16-7-5-6-15(10-16)19-11-18(21(23)24)17-9-13(3)8-14(4)20(17)22-19/h5-12H,1-4H3,(H,23,24)/p-1. The number of carbonyl (C=O) groups is 1. The lowest BCUT2D eigenvalue weighted by Gasteiger charge is -2.14. The summed E-state index contributed by atoms with van der Waals surface area (Å²) in [7, 11) is 0. The van der Waals surface area contributed by atoms with Crippen molar-refractivity contribution in [1.29, 1.82) is 0 Å². The Hall–Kier alpha value is -2.88. The van der Waals surface area contributed by atoms with Crippen molar-refractivity contribution < 1.29 is 14.6 Å². The first kappa shape index (κ1) is 17.0. The van der Waals surface area contributed by atoms with Crippen LogP contribution in [0.2, 0.25) is 0 Å². The van der Waals surface area contributed by atoms with Crippen LogP contribution in [-0.2, 0) is 0 Å². The lowest BCUT2D eigenvalue weighted by molar-refractivity contribution is -0.254. The van der Waals surface area contributed by atoms with Crippen LogP contribution in [0, 0.1) is 13.8 Å². The fraction of sp³-hybridized carbons (Fsp3) is 0.238. The zero-order valence-electron chi connectivity index (χ0n) is 14.8. The van der Waals surface area contributed by atoms with E-state index in [4.69, 9.17) is 9.72 Å². The number of ether oxygens (including phenoxy) is 1. The molecular formula is C21H20NO3-. The molecule has 3 aromatic rings. The third-order valence-corrected chi connectivity index (χ3v) is 3.97. The number of nitrogens with zero attached hydrogens (tertiary/aromatic N) is 1. The van der Waals surface area contributed by atoms with Crippen molar-refractivity contribution in [1.82, 2.24) is 4.98 Å². The highest BCUT2D eigenvalue weighted by Gasteiger charge is 2.12. The van der Waals surface area contributed by atoms with Gasteiger partial charge in [-0.05, 0) is 57.5 Å². The van der Waals surface area contributed by atoms with Gasteiger partial charge in [0.05, 0.1) is 23.3 Å². The molecule has 0 aliphatic rings. The SMILES string of the molecule is Cc1cc(C)c2nc(-c3cccc(OC(C)C)c3)cc(C(=O)[O-])c2c1. The molecule has 0 N–H and O–H groups in total. The van der Waals surface area contributed by atoms with E-state index in [9.17, 15) is 9.90 Å². The molecule has 0 unspecified atom stereocenters. The van der Waals surface area contributed by atoms with Crippen LogP contribution in [0.15, 0.2) is 42.5 Å². The van der Waals surface area contributed by atoms with E-state index >= 15 is 0 Å². The molecule has 1 aromatic heterocycles. The highest BCUT2D eigenvalue weighted by molar-refractivity contribution is 6.04. The Morgan fingerprint density at radius 3 is 2.56 bits per heavy atom. The van der Waals surface area contributed by atoms with Gasteiger partial charge in [-0.15, -0.1) is 0 Å². The highest BCUT2D eigenvalue weighted by Crippen LogP contribution is 2.29. The Labute approximate surface area is 147 Å². The number of benzene rings is 2. The fourth-order valence-corrected chi connectivity index (χ4v) is 3.00. The maximum Gasteiger partial charge on any atom is 0.120 e. The number of aromatic carboxylic acids is 1. The third-order valence-electron chi connectivity index (χ3n) is 3.97. The summed E-state index contributed by atoms with van der Waals surface area (Å²) < 4.78 is 5.72. The lowest BCUT2D eigenvalue weighted by atomic mass is 10.00. The molecule has 0 aliphatic carbocycles. The maximum absolute atomic E-state index is 11.7. The van der Waals surface area contributed by atoms with E-state index in [2.05, 4.69) is 0 Å². The van der Waals surface area contributed by atoms with Crippen LogP contribution in [0.4, 0.5) is 0 Å². The molecule has 0 amide bonds. The second-order valence-corrected chi connectivity index (χ2v) is 6.51. The quantitative estimate of drug-likeness (QED) is 0.730. The smallest absolute Gasteiger partial charge is 0.120 e. The van der Waals surface area contributed by atoms with Crippen LogP contribution in [-0.4, -0.2) is 17.1 Å². The molecule has 0 spiro atoms. The normalized spacial score (nSPS) is 11.1. The maximum atomic E-state index is 11.7. The summed E-state index contributed by atoms with van der Waals surface area (Å²) in [5.74, 6) is -0.474. The molecule has 4 nitrogen and oxygen atoms in total. The van der Waals surface area contributed by atoms with Gasteiger partial charge >= 0.3 is 0 Å². The van der Waals surface area contributed by atoms with Crippen molar-refractivity contribution in [3.63, 3.8) is 0 Å². The summed E-state index contributed by atoms with van der Waals surface area (Å²) in [5, 5.41) is 12.3. The van der Waals surface area contributed by atoms with Crippen molar-refractivity contribution in [3.8, 4) is 17.0 Å². The molecule has 0 saturated heterocycles. The minimum atomic E-state index is -1.20. The predicted octanol–water partition coefficient (Wildman–Crippen LogP) is 3.67. The summed E-state index contributed by atoms with van der Waals surface area (Å²) in [5.41, 5.74) is 4.16. The summed E-state index contributed by atoms with van der Waals surface area (Å²) in [6.45, 7) is 7.79. The van der Waals surface area contributed by atoms with Crippen molar-refractivity contribution in [2.75, 3.05) is 0 Å². The molecule has 4 heteroatoms. The van der Waals surface area contributed by atoms with Crippen molar-refractivity contribution in [2.45, 2.75) is 33.8 Å². The second-order valence-electron chi connectivity index (χ2n) is 6.51. The molecular weight excluding hydrogens is 314 g/mol. The molecule has 1 heterocycles. The second kappa shape index (κ2) is 6.55. The van der Waals surface area contributed by atoms with Crippen LogP contribution in [0.5, 0.6) is 5.75 Å². The van der Waals surface area contributed by atoms with Crippen LogP contribution >= 0.6 is 0 Å². The Morgan fingerprint density at radius 2 is 1.88 bits per heavy atom. The van der Waals surface area contributed by atoms with Gasteiger partial charge in [0.2, 0.25) is 0 Å². The van der Waals surface area contributed by atoms with Gasteiger partial charge in [-0.1, -0.05) is 23.8 Å². The van der Waals surface area contributed by atoms with Gasteiger partial charge in [0.1, 0.15) is 5.75 Å². The molecule has 0 fully saturated rings.